The normalized spacial score (nSPS) is 18.5. The number of amides is 3. The van der Waals surface area contributed by atoms with Crippen LogP contribution >= 0.6 is 0 Å². The van der Waals surface area contributed by atoms with Crippen molar-refractivity contribution in [3.63, 3.8) is 0 Å². The van der Waals surface area contributed by atoms with Gasteiger partial charge in [0.25, 0.3) is 0 Å². The first-order valence-electron chi connectivity index (χ1n) is 10.9. The van der Waals surface area contributed by atoms with Crippen LogP contribution in [0, 0.1) is 0 Å². The highest BCUT2D eigenvalue weighted by Crippen LogP contribution is 2.27. The van der Waals surface area contributed by atoms with E-state index in [1.54, 1.807) is 4.90 Å². The predicted octanol–water partition coefficient (Wildman–Crippen LogP) is 1.40. The fraction of sp³-hybridized carbons (Fsp3) is 0.545. The molecule has 2 aromatic rings. The molecule has 0 spiro atoms. The first-order valence-corrected chi connectivity index (χ1v) is 10.9. The molecule has 1 aromatic heterocycles. The smallest absolute Gasteiger partial charge is 0.317 e. The fourth-order valence-electron chi connectivity index (χ4n) is 4.36. The number of urea groups is 1. The molecule has 2 aliphatic heterocycles. The van der Waals surface area contributed by atoms with Gasteiger partial charge in [0.05, 0.1) is 6.54 Å². The van der Waals surface area contributed by atoms with Gasteiger partial charge in [0, 0.05) is 45.8 Å². The number of benzene rings is 1. The van der Waals surface area contributed by atoms with Crippen LogP contribution in [0.25, 0.3) is 0 Å². The van der Waals surface area contributed by atoms with Crippen LogP contribution in [0.1, 0.15) is 36.0 Å². The lowest BCUT2D eigenvalue weighted by molar-refractivity contribution is -0.136. The van der Waals surface area contributed by atoms with Gasteiger partial charge in [-0.2, -0.15) is 0 Å². The molecule has 166 valence electrons. The van der Waals surface area contributed by atoms with Gasteiger partial charge in [0.15, 0.2) is 5.82 Å². The minimum Gasteiger partial charge on any atom is -0.375 e. The Morgan fingerprint density at radius 3 is 2.77 bits per heavy atom. The Bertz CT molecular complexity index is 900. The van der Waals surface area contributed by atoms with Crippen molar-refractivity contribution >= 4 is 11.9 Å². The second-order valence-corrected chi connectivity index (χ2v) is 8.13. The summed E-state index contributed by atoms with van der Waals surface area (Å²) in [6, 6.07) is 10.1. The molecule has 1 atom stereocenters. The Hall–Kier alpha value is -2.94. The Labute approximate surface area is 182 Å². The fourth-order valence-corrected chi connectivity index (χ4v) is 4.36. The molecule has 1 fully saturated rings. The number of piperidine rings is 1. The van der Waals surface area contributed by atoms with E-state index in [2.05, 4.69) is 32.2 Å². The molecule has 1 unspecified atom stereocenters. The van der Waals surface area contributed by atoms with Crippen LogP contribution in [0.15, 0.2) is 30.3 Å². The zero-order valence-corrected chi connectivity index (χ0v) is 18.0. The zero-order chi connectivity index (χ0) is 21.6. The van der Waals surface area contributed by atoms with E-state index >= 15 is 0 Å². The molecule has 1 saturated heterocycles. The average molecular weight is 427 g/mol. The van der Waals surface area contributed by atoms with Gasteiger partial charge in [-0.25, -0.2) is 4.79 Å². The zero-order valence-electron chi connectivity index (χ0n) is 18.0. The van der Waals surface area contributed by atoms with Crippen LogP contribution in [0.2, 0.25) is 0 Å². The van der Waals surface area contributed by atoms with E-state index < -0.39 is 0 Å². The van der Waals surface area contributed by atoms with Gasteiger partial charge < -0.3 is 24.4 Å². The lowest BCUT2D eigenvalue weighted by Gasteiger charge is -2.33. The molecule has 0 bridgehead atoms. The molecule has 1 aromatic carbocycles. The van der Waals surface area contributed by atoms with E-state index in [1.165, 1.54) is 12.7 Å². The summed E-state index contributed by atoms with van der Waals surface area (Å²) in [5, 5.41) is 11.8. The Kier molecular flexibility index (Phi) is 6.81. The highest BCUT2D eigenvalue weighted by atomic mass is 16.5. The number of hydrogen-bond donors (Lipinski definition) is 1. The first kappa shape index (κ1) is 21.3. The van der Waals surface area contributed by atoms with Gasteiger partial charge in [-0.05, 0) is 24.8 Å². The molecule has 4 rings (SSSR count). The van der Waals surface area contributed by atoms with Gasteiger partial charge in [0.2, 0.25) is 5.91 Å². The third kappa shape index (κ3) is 5.04. The number of nitrogens with zero attached hydrogens (tertiary/aromatic N) is 5. The van der Waals surface area contributed by atoms with Crippen LogP contribution in [-0.4, -0.2) is 76.4 Å². The van der Waals surface area contributed by atoms with Crippen molar-refractivity contribution in [1.29, 1.82) is 0 Å². The molecule has 9 nitrogen and oxygen atoms in total. The maximum Gasteiger partial charge on any atom is 0.317 e. The second kappa shape index (κ2) is 9.91. The molecular formula is C22H30N6O3. The van der Waals surface area contributed by atoms with E-state index in [0.717, 1.165) is 37.5 Å². The molecular weight excluding hydrogens is 396 g/mol. The van der Waals surface area contributed by atoms with Gasteiger partial charge in [0.1, 0.15) is 12.4 Å². The summed E-state index contributed by atoms with van der Waals surface area (Å²) in [4.78, 5) is 28.4. The molecule has 0 aliphatic carbocycles. The summed E-state index contributed by atoms with van der Waals surface area (Å²) in [5.74, 6) is 1.92. The number of nitrogens with one attached hydrogen (secondary N) is 1. The average Bonchev–Trinajstić information content (AvgIpc) is 3.23. The lowest BCUT2D eigenvalue weighted by atomic mass is 9.97. The Morgan fingerprint density at radius 2 is 1.97 bits per heavy atom. The number of carbonyl (C=O) groups excluding carboxylic acids is 2. The molecule has 0 saturated carbocycles. The van der Waals surface area contributed by atoms with Gasteiger partial charge in [-0.1, -0.05) is 30.3 Å². The van der Waals surface area contributed by atoms with E-state index in [9.17, 15) is 9.59 Å². The van der Waals surface area contributed by atoms with E-state index in [4.69, 9.17) is 4.74 Å². The highest BCUT2D eigenvalue weighted by molar-refractivity contribution is 5.77. The van der Waals surface area contributed by atoms with E-state index in [-0.39, 0.29) is 24.5 Å². The third-order valence-corrected chi connectivity index (χ3v) is 6.01. The minimum absolute atomic E-state index is 0.0175. The van der Waals surface area contributed by atoms with Crippen molar-refractivity contribution in [1.82, 2.24) is 29.9 Å². The minimum atomic E-state index is -0.0688. The number of carbonyl (C=O) groups is 2. The standard InChI is InChI=1S/C22H30N6O3/c1-31-16-20(29)26-11-5-8-18(14-26)21-25-24-19-15-27(12-13-28(19)21)22(30)23-10-9-17-6-3-2-4-7-17/h2-4,6-7,18H,5,8-16H2,1H3,(H,23,30). The molecule has 3 amide bonds. The number of fused-ring (bicyclic) bond motifs is 1. The lowest BCUT2D eigenvalue weighted by Crippen LogP contribution is -2.45. The second-order valence-electron chi connectivity index (χ2n) is 8.13. The number of ether oxygens (including phenoxy) is 1. The first-order chi connectivity index (χ1) is 15.2. The van der Waals surface area contributed by atoms with Crippen LogP contribution in [-0.2, 0) is 29.0 Å². The topological polar surface area (TPSA) is 92.6 Å². The predicted molar refractivity (Wildman–Crippen MR) is 114 cm³/mol. The maximum absolute atomic E-state index is 12.6. The SMILES string of the molecule is COCC(=O)N1CCCC(c2nnc3n2CCN(C(=O)NCCc2ccccc2)C3)C1. The van der Waals surface area contributed by atoms with Crippen LogP contribution in [0.5, 0.6) is 0 Å². The van der Waals surface area contributed by atoms with Crippen molar-refractivity contribution in [3.8, 4) is 0 Å². The van der Waals surface area contributed by atoms with Crippen LogP contribution in [0.4, 0.5) is 4.79 Å². The summed E-state index contributed by atoms with van der Waals surface area (Å²) >= 11 is 0. The number of methoxy groups -OCH3 is 1. The van der Waals surface area contributed by atoms with Crippen molar-refractivity contribution in [2.24, 2.45) is 0 Å². The third-order valence-electron chi connectivity index (χ3n) is 6.01. The Morgan fingerprint density at radius 1 is 1.13 bits per heavy atom. The molecule has 9 heteroatoms. The summed E-state index contributed by atoms with van der Waals surface area (Å²) in [6.07, 6.45) is 2.73. The summed E-state index contributed by atoms with van der Waals surface area (Å²) < 4.78 is 7.12. The van der Waals surface area contributed by atoms with E-state index in [1.807, 2.05) is 23.1 Å². The number of hydrogen-bond acceptors (Lipinski definition) is 5. The molecule has 3 heterocycles. The molecule has 2 aliphatic rings. The van der Waals surface area contributed by atoms with Crippen molar-refractivity contribution in [3.05, 3.63) is 47.5 Å². The van der Waals surface area contributed by atoms with Crippen LogP contribution < -0.4 is 5.32 Å². The molecule has 31 heavy (non-hydrogen) atoms. The number of aromatic nitrogens is 3. The maximum atomic E-state index is 12.6. The monoisotopic (exact) mass is 426 g/mol. The van der Waals surface area contributed by atoms with Gasteiger partial charge in [-0.3, -0.25) is 4.79 Å². The highest BCUT2D eigenvalue weighted by Gasteiger charge is 2.31. The van der Waals surface area contributed by atoms with E-state index in [0.29, 0.717) is 32.7 Å². The van der Waals surface area contributed by atoms with Crippen molar-refractivity contribution in [2.45, 2.75) is 38.3 Å². The van der Waals surface area contributed by atoms with Crippen molar-refractivity contribution < 1.29 is 14.3 Å². The molecule has 0 radical (unpaired) electrons. The Balaban J connectivity index is 1.32. The van der Waals surface area contributed by atoms with Crippen LogP contribution in [0.3, 0.4) is 0 Å². The quantitative estimate of drug-likeness (QED) is 0.754. The summed E-state index contributed by atoms with van der Waals surface area (Å²) in [6.45, 7) is 3.86. The molecule has 1 N–H and O–H groups in total. The van der Waals surface area contributed by atoms with Gasteiger partial charge in [-0.15, -0.1) is 10.2 Å². The van der Waals surface area contributed by atoms with Crippen molar-refractivity contribution in [2.75, 3.05) is 39.9 Å². The number of rotatable bonds is 6. The number of likely N-dealkylation sites (tertiary alicyclic amines) is 1. The largest absolute Gasteiger partial charge is 0.375 e. The summed E-state index contributed by atoms with van der Waals surface area (Å²) in [7, 11) is 1.54. The van der Waals surface area contributed by atoms with Gasteiger partial charge >= 0.3 is 6.03 Å². The summed E-state index contributed by atoms with van der Waals surface area (Å²) in [5.41, 5.74) is 1.20.